The normalized spacial score (nSPS) is 21.1. The van der Waals surface area contributed by atoms with Crippen molar-refractivity contribution >= 4 is 22.5 Å². The number of rotatable bonds is 5. The molecule has 0 amide bonds. The number of methoxy groups -OCH3 is 2. The Bertz CT molecular complexity index is 1930. The van der Waals surface area contributed by atoms with Crippen LogP contribution in [-0.2, 0) is 10.3 Å². The summed E-state index contributed by atoms with van der Waals surface area (Å²) in [6.45, 7) is 1.43. The van der Waals surface area contributed by atoms with E-state index < -0.39 is 5.60 Å². The van der Waals surface area contributed by atoms with Crippen molar-refractivity contribution in [3.8, 4) is 28.4 Å². The second kappa shape index (κ2) is 10.2. The van der Waals surface area contributed by atoms with Crippen molar-refractivity contribution in [2.24, 2.45) is 0 Å². The number of nitrogens with zero attached hydrogens (tertiary/aromatic N) is 1. The predicted octanol–water partition coefficient (Wildman–Crippen LogP) is 8.15. The van der Waals surface area contributed by atoms with E-state index in [4.69, 9.17) is 18.9 Å². The van der Waals surface area contributed by atoms with Crippen LogP contribution in [0.3, 0.4) is 0 Å². The number of hydrogen-bond donors (Lipinski definition) is 0. The van der Waals surface area contributed by atoms with Gasteiger partial charge < -0.3 is 23.8 Å². The van der Waals surface area contributed by atoms with E-state index in [2.05, 4.69) is 110 Å². The molecule has 220 valence electrons. The van der Waals surface area contributed by atoms with Crippen LogP contribution in [-0.4, -0.2) is 41.5 Å². The van der Waals surface area contributed by atoms with Gasteiger partial charge in [0, 0.05) is 53.7 Å². The van der Waals surface area contributed by atoms with E-state index in [1.54, 1.807) is 14.2 Å². The number of anilines is 1. The number of ether oxygens (including phenoxy) is 4. The quantitative estimate of drug-likeness (QED) is 0.210. The summed E-state index contributed by atoms with van der Waals surface area (Å²) in [4.78, 5) is 2.11. The molecule has 5 nitrogen and oxygen atoms in total. The molecular formula is C39H35NO4. The van der Waals surface area contributed by atoms with Crippen LogP contribution in [0.4, 0.5) is 5.69 Å². The summed E-state index contributed by atoms with van der Waals surface area (Å²) in [5, 5.41) is 2.21. The maximum atomic E-state index is 7.44. The zero-order valence-corrected chi connectivity index (χ0v) is 25.5. The van der Waals surface area contributed by atoms with E-state index in [1.807, 2.05) is 12.1 Å². The van der Waals surface area contributed by atoms with Crippen LogP contribution < -0.4 is 19.1 Å². The van der Waals surface area contributed by atoms with Crippen molar-refractivity contribution in [3.63, 3.8) is 0 Å². The first-order chi connectivity index (χ1) is 21.5. The fourth-order valence-electron chi connectivity index (χ4n) is 7.47. The molecular weight excluding hydrogens is 546 g/mol. The lowest BCUT2D eigenvalue weighted by Crippen LogP contribution is -2.35. The summed E-state index contributed by atoms with van der Waals surface area (Å²) in [7, 11) is 7.53. The van der Waals surface area contributed by atoms with Gasteiger partial charge in [0.2, 0.25) is 0 Å². The monoisotopic (exact) mass is 581 g/mol. The van der Waals surface area contributed by atoms with Gasteiger partial charge in [0.05, 0.1) is 27.4 Å². The van der Waals surface area contributed by atoms with E-state index in [-0.39, 0.29) is 5.92 Å². The molecule has 1 saturated heterocycles. The highest BCUT2D eigenvalue weighted by molar-refractivity contribution is 6.07. The van der Waals surface area contributed by atoms with Gasteiger partial charge >= 0.3 is 0 Å². The Labute approximate surface area is 258 Å². The van der Waals surface area contributed by atoms with Gasteiger partial charge in [0.1, 0.15) is 17.2 Å². The van der Waals surface area contributed by atoms with Crippen LogP contribution in [0.5, 0.6) is 17.2 Å². The molecule has 0 spiro atoms. The van der Waals surface area contributed by atoms with Crippen LogP contribution in [0.1, 0.15) is 39.7 Å². The summed E-state index contributed by atoms with van der Waals surface area (Å²) in [5.41, 5.74) is 8.74. The third kappa shape index (κ3) is 3.89. The van der Waals surface area contributed by atoms with Crippen LogP contribution in [0.25, 0.3) is 28.0 Å². The molecule has 0 saturated carbocycles. The minimum atomic E-state index is -0.855. The van der Waals surface area contributed by atoms with E-state index in [0.717, 1.165) is 51.6 Å². The summed E-state index contributed by atoms with van der Waals surface area (Å²) < 4.78 is 24.9. The van der Waals surface area contributed by atoms with Crippen molar-refractivity contribution in [1.82, 2.24) is 0 Å². The Kier molecular flexibility index (Phi) is 6.21. The fourth-order valence-corrected chi connectivity index (χ4v) is 7.47. The molecule has 3 aliphatic rings. The first-order valence-corrected chi connectivity index (χ1v) is 15.2. The fraction of sp³-hybridized carbons (Fsp3) is 0.231. The summed E-state index contributed by atoms with van der Waals surface area (Å²) in [6, 6.07) is 32.1. The minimum Gasteiger partial charge on any atom is -0.497 e. The van der Waals surface area contributed by atoms with Gasteiger partial charge in [0.15, 0.2) is 5.60 Å². The molecule has 8 rings (SSSR count). The van der Waals surface area contributed by atoms with Crippen molar-refractivity contribution in [2.45, 2.75) is 17.4 Å². The highest BCUT2D eigenvalue weighted by atomic mass is 16.5. The average Bonchev–Trinajstić information content (AvgIpc) is 3.58. The lowest BCUT2D eigenvalue weighted by atomic mass is 9.69. The van der Waals surface area contributed by atoms with Crippen molar-refractivity contribution in [1.29, 1.82) is 0 Å². The number of hydrogen-bond acceptors (Lipinski definition) is 5. The molecule has 5 heteroatoms. The Hall–Kier alpha value is -4.74. The van der Waals surface area contributed by atoms with Crippen LogP contribution in [0, 0.1) is 0 Å². The molecule has 5 aromatic rings. The van der Waals surface area contributed by atoms with Gasteiger partial charge in [-0.15, -0.1) is 0 Å². The molecule has 3 unspecified atom stereocenters. The van der Waals surface area contributed by atoms with Crippen LogP contribution in [0.2, 0.25) is 0 Å². The molecule has 0 bridgehead atoms. The lowest BCUT2D eigenvalue weighted by Gasteiger charge is -2.40. The maximum Gasteiger partial charge on any atom is 0.178 e. The Morgan fingerprint density at radius 3 is 2.16 bits per heavy atom. The van der Waals surface area contributed by atoms with Gasteiger partial charge in [-0.2, -0.15) is 0 Å². The van der Waals surface area contributed by atoms with E-state index >= 15 is 0 Å². The summed E-state index contributed by atoms with van der Waals surface area (Å²) >= 11 is 0. The first kappa shape index (κ1) is 26.9. The average molecular weight is 582 g/mol. The molecule has 0 radical (unpaired) electrons. The smallest absolute Gasteiger partial charge is 0.178 e. The van der Waals surface area contributed by atoms with Gasteiger partial charge in [-0.25, -0.2) is 0 Å². The second-order valence-electron chi connectivity index (χ2n) is 12.1. The molecule has 2 heterocycles. The zero-order valence-electron chi connectivity index (χ0n) is 25.5. The zero-order chi connectivity index (χ0) is 30.0. The summed E-state index contributed by atoms with van der Waals surface area (Å²) in [6.07, 6.45) is 4.53. The third-order valence-electron chi connectivity index (χ3n) is 9.70. The SMILES string of the molecule is COc1ccc(C2(c3ccc(N(C)C)cc3)C=Cc3c4c(c5ccc(OC)cc5c3O2)-c2ccccc2C2COCC42)cc1. The molecule has 3 atom stereocenters. The van der Waals surface area contributed by atoms with Gasteiger partial charge in [-0.3, -0.25) is 0 Å². The van der Waals surface area contributed by atoms with Crippen LogP contribution >= 0.6 is 0 Å². The van der Waals surface area contributed by atoms with Gasteiger partial charge in [-0.05, 0) is 76.2 Å². The molecule has 2 aliphatic heterocycles. The van der Waals surface area contributed by atoms with E-state index in [1.165, 1.54) is 27.6 Å². The van der Waals surface area contributed by atoms with Crippen molar-refractivity contribution in [3.05, 3.63) is 125 Å². The largest absolute Gasteiger partial charge is 0.497 e. The maximum absolute atomic E-state index is 7.44. The Morgan fingerprint density at radius 1 is 0.750 bits per heavy atom. The van der Waals surface area contributed by atoms with Crippen LogP contribution in [0.15, 0.2) is 97.1 Å². The highest BCUT2D eigenvalue weighted by Crippen LogP contribution is 2.58. The molecule has 1 fully saturated rings. The highest BCUT2D eigenvalue weighted by Gasteiger charge is 2.44. The molecule has 0 aromatic heterocycles. The van der Waals surface area contributed by atoms with Gasteiger partial charge in [0.25, 0.3) is 0 Å². The first-order valence-electron chi connectivity index (χ1n) is 15.2. The van der Waals surface area contributed by atoms with E-state index in [0.29, 0.717) is 12.5 Å². The van der Waals surface area contributed by atoms with Crippen molar-refractivity contribution in [2.75, 3.05) is 46.4 Å². The third-order valence-corrected chi connectivity index (χ3v) is 9.70. The van der Waals surface area contributed by atoms with Crippen molar-refractivity contribution < 1.29 is 18.9 Å². The Balaban J connectivity index is 1.42. The Morgan fingerprint density at radius 2 is 1.43 bits per heavy atom. The predicted molar refractivity (Wildman–Crippen MR) is 176 cm³/mol. The molecule has 0 N–H and O–H groups in total. The molecule has 1 aliphatic carbocycles. The number of benzene rings is 5. The van der Waals surface area contributed by atoms with Gasteiger partial charge in [-0.1, -0.05) is 54.6 Å². The molecule has 44 heavy (non-hydrogen) atoms. The standard InChI is InChI=1S/C39H35NO4/c1-40(2)26-13-9-24(10-14-26)39(25-11-15-27(41-3)16-12-25)20-19-32-37-35-23-43-22-34(35)29-7-5-6-8-30(29)36(37)31-18-17-28(42-4)21-33(31)38(32)44-39/h5-21,34-35H,22-23H2,1-4H3. The lowest BCUT2D eigenvalue weighted by molar-refractivity contribution is 0.163. The molecule has 5 aromatic carbocycles. The second-order valence-corrected chi connectivity index (χ2v) is 12.1. The van der Waals surface area contributed by atoms with E-state index in [9.17, 15) is 0 Å². The number of fused-ring (bicyclic) bond motifs is 11. The summed E-state index contributed by atoms with van der Waals surface area (Å²) in [5.74, 6) is 3.05. The minimum absolute atomic E-state index is 0.251. The topological polar surface area (TPSA) is 40.2 Å².